The maximum absolute atomic E-state index is 13.3. The van der Waals surface area contributed by atoms with Gasteiger partial charge in [0.25, 0.3) is 0 Å². The van der Waals surface area contributed by atoms with Gasteiger partial charge in [0, 0.05) is 18.0 Å². The highest BCUT2D eigenvalue weighted by molar-refractivity contribution is 5.82. The van der Waals surface area contributed by atoms with Crippen molar-refractivity contribution in [3.63, 3.8) is 0 Å². The van der Waals surface area contributed by atoms with Gasteiger partial charge in [-0.15, -0.1) is 0 Å². The number of fused-ring (bicyclic) bond motifs is 1. The number of likely N-dealkylation sites (tertiary alicyclic amines) is 1. The molecule has 1 aromatic carbocycles. The Balaban J connectivity index is 1.87. The summed E-state index contributed by atoms with van der Waals surface area (Å²) in [4.78, 5) is 50.6. The predicted octanol–water partition coefficient (Wildman–Crippen LogP) is 0.443. The Kier molecular flexibility index (Phi) is 7.85. The van der Waals surface area contributed by atoms with Crippen molar-refractivity contribution in [2.45, 2.75) is 74.8 Å². The largest absolute Gasteiger partial charge is 0.493 e. The summed E-state index contributed by atoms with van der Waals surface area (Å²) in [5, 5.41) is 18.4. The summed E-state index contributed by atoms with van der Waals surface area (Å²) in [7, 11) is 3.39. The molecule has 0 unspecified atom stereocenters. The molecule has 40 heavy (non-hydrogen) atoms. The summed E-state index contributed by atoms with van der Waals surface area (Å²) >= 11 is 0. The van der Waals surface area contributed by atoms with Crippen LogP contribution < -0.4 is 20.9 Å². The minimum Gasteiger partial charge on any atom is -0.493 e. The standard InChI is InChI=1S/C27H35N3O10/c1-13-5-6-17(37-4)22-21(13)26-9-10-30(3)14(2)27(26,40-20(32)12-16(29)25(35)36)8-7-18(23(26)39-22)38-19(31)11-15(28)24(33)34/h5-7,14-16,23H,8-12,28-29H2,1-4H3,(H,33,34)(H,35,36)/t14-,15+,16+,23+,26+,27-/m1/s1. The number of rotatable bonds is 9. The molecule has 1 aromatic rings. The molecule has 1 fully saturated rings. The first-order chi connectivity index (χ1) is 18.8. The predicted molar refractivity (Wildman–Crippen MR) is 139 cm³/mol. The molecule has 13 heteroatoms. The van der Waals surface area contributed by atoms with Gasteiger partial charge >= 0.3 is 23.9 Å². The number of likely N-dealkylation sites (N-methyl/N-ethyl adjacent to an activating group) is 1. The smallest absolute Gasteiger partial charge is 0.321 e. The fraction of sp³-hybridized carbons (Fsp3) is 0.556. The van der Waals surface area contributed by atoms with E-state index in [9.17, 15) is 24.3 Å². The zero-order valence-corrected chi connectivity index (χ0v) is 22.8. The third-order valence-corrected chi connectivity index (χ3v) is 8.43. The van der Waals surface area contributed by atoms with E-state index < -0.39 is 65.9 Å². The number of aryl methyl sites for hydroxylation is 1. The summed E-state index contributed by atoms with van der Waals surface area (Å²) in [6.07, 6.45) is 0.0534. The van der Waals surface area contributed by atoms with E-state index in [1.54, 1.807) is 12.1 Å². The van der Waals surface area contributed by atoms with Crippen molar-refractivity contribution in [2.75, 3.05) is 20.7 Å². The maximum Gasteiger partial charge on any atom is 0.321 e. The molecule has 0 radical (unpaired) electrons. The van der Waals surface area contributed by atoms with E-state index in [0.29, 0.717) is 24.5 Å². The topological polar surface area (TPSA) is 201 Å². The van der Waals surface area contributed by atoms with Crippen LogP contribution in [-0.4, -0.2) is 89.5 Å². The van der Waals surface area contributed by atoms with Gasteiger partial charge in [-0.3, -0.25) is 24.1 Å². The second kappa shape index (κ2) is 10.7. The number of carbonyl (C=O) groups is 4. The van der Waals surface area contributed by atoms with Gasteiger partial charge in [0.15, 0.2) is 17.6 Å². The van der Waals surface area contributed by atoms with Crippen LogP contribution in [0.15, 0.2) is 24.0 Å². The first kappa shape index (κ1) is 29.3. The quantitative estimate of drug-likeness (QED) is 0.303. The minimum absolute atomic E-state index is 0.0934. The summed E-state index contributed by atoms with van der Waals surface area (Å²) in [6, 6.07) is 0.334. The third kappa shape index (κ3) is 4.57. The fourth-order valence-corrected chi connectivity index (χ4v) is 6.30. The first-order valence-electron chi connectivity index (χ1n) is 12.9. The average Bonchev–Trinajstić information content (AvgIpc) is 3.25. The number of ether oxygens (including phenoxy) is 4. The highest BCUT2D eigenvalue weighted by Crippen LogP contribution is 2.64. The van der Waals surface area contributed by atoms with Crippen LogP contribution in [0.3, 0.4) is 0 Å². The van der Waals surface area contributed by atoms with Crippen LogP contribution in [-0.2, 0) is 34.1 Å². The van der Waals surface area contributed by atoms with Crippen molar-refractivity contribution in [3.05, 3.63) is 35.1 Å². The molecule has 13 nitrogen and oxygen atoms in total. The van der Waals surface area contributed by atoms with Gasteiger partial charge in [0.2, 0.25) is 0 Å². The van der Waals surface area contributed by atoms with Crippen LogP contribution >= 0.6 is 0 Å². The lowest BCUT2D eigenvalue weighted by atomic mass is 9.54. The zero-order chi connectivity index (χ0) is 29.6. The van der Waals surface area contributed by atoms with Gasteiger partial charge in [-0.05, 0) is 51.6 Å². The Morgan fingerprint density at radius 3 is 2.35 bits per heavy atom. The van der Waals surface area contributed by atoms with E-state index in [1.807, 2.05) is 31.9 Å². The Bertz CT molecular complexity index is 1270. The summed E-state index contributed by atoms with van der Waals surface area (Å²) in [5.41, 5.74) is 10.4. The van der Waals surface area contributed by atoms with Crippen molar-refractivity contribution in [1.82, 2.24) is 4.90 Å². The molecule has 0 aromatic heterocycles. The molecule has 1 aliphatic carbocycles. The molecule has 1 spiro atoms. The van der Waals surface area contributed by atoms with Crippen molar-refractivity contribution in [2.24, 2.45) is 11.5 Å². The molecule has 2 heterocycles. The lowest BCUT2D eigenvalue weighted by Crippen LogP contribution is -2.73. The number of piperidine rings is 1. The number of aliphatic carboxylic acids is 2. The number of esters is 2. The molecular formula is C27H35N3O10. The van der Waals surface area contributed by atoms with Crippen LogP contribution in [0.1, 0.15) is 43.7 Å². The highest BCUT2D eigenvalue weighted by Gasteiger charge is 2.71. The molecular weight excluding hydrogens is 526 g/mol. The van der Waals surface area contributed by atoms with Crippen LogP contribution in [0.5, 0.6) is 11.5 Å². The molecule has 0 saturated carbocycles. The van der Waals surface area contributed by atoms with Crippen LogP contribution in [0, 0.1) is 6.92 Å². The van der Waals surface area contributed by atoms with Crippen LogP contribution in [0.25, 0.3) is 0 Å². The second-order valence-corrected chi connectivity index (χ2v) is 10.6. The average molecular weight is 562 g/mol. The van der Waals surface area contributed by atoms with Crippen LogP contribution in [0.4, 0.5) is 0 Å². The maximum atomic E-state index is 13.3. The van der Waals surface area contributed by atoms with Gasteiger partial charge in [-0.1, -0.05) is 6.07 Å². The zero-order valence-electron chi connectivity index (χ0n) is 22.8. The summed E-state index contributed by atoms with van der Waals surface area (Å²) in [5.74, 6) is -3.32. The van der Waals surface area contributed by atoms with Crippen molar-refractivity contribution < 1.29 is 48.3 Å². The van der Waals surface area contributed by atoms with E-state index in [2.05, 4.69) is 0 Å². The number of nitrogens with zero attached hydrogens (tertiary/aromatic N) is 1. The van der Waals surface area contributed by atoms with E-state index >= 15 is 0 Å². The van der Waals surface area contributed by atoms with E-state index in [4.69, 9.17) is 35.5 Å². The Labute approximate surface area is 231 Å². The lowest BCUT2D eigenvalue weighted by Gasteiger charge is -2.59. The van der Waals surface area contributed by atoms with Gasteiger partial charge in [0.05, 0.1) is 25.4 Å². The molecule has 218 valence electrons. The molecule has 0 bridgehead atoms. The van der Waals surface area contributed by atoms with Gasteiger partial charge in [0.1, 0.15) is 23.4 Å². The molecule has 6 atom stereocenters. The molecule has 2 aliphatic heterocycles. The highest BCUT2D eigenvalue weighted by atomic mass is 16.6. The molecule has 1 saturated heterocycles. The number of carbonyl (C=O) groups excluding carboxylic acids is 2. The molecule has 0 amide bonds. The van der Waals surface area contributed by atoms with Gasteiger partial charge in [-0.25, -0.2) is 0 Å². The first-order valence-corrected chi connectivity index (χ1v) is 12.9. The third-order valence-electron chi connectivity index (χ3n) is 8.43. The normalized spacial score (nSPS) is 28.5. The van der Waals surface area contributed by atoms with Crippen molar-refractivity contribution in [3.8, 4) is 11.5 Å². The minimum atomic E-state index is -1.45. The van der Waals surface area contributed by atoms with E-state index in [1.165, 1.54) is 7.11 Å². The van der Waals surface area contributed by atoms with Crippen molar-refractivity contribution in [1.29, 1.82) is 0 Å². The Morgan fingerprint density at radius 1 is 1.12 bits per heavy atom. The monoisotopic (exact) mass is 561 g/mol. The second-order valence-electron chi connectivity index (χ2n) is 10.6. The lowest BCUT2D eigenvalue weighted by molar-refractivity contribution is -0.201. The van der Waals surface area contributed by atoms with E-state index in [-0.39, 0.29) is 18.2 Å². The number of carboxylic acid groups (broad SMARTS) is 2. The number of benzene rings is 1. The molecule has 3 aliphatic rings. The number of methoxy groups -OCH3 is 1. The summed E-state index contributed by atoms with van der Waals surface area (Å²) in [6.45, 7) is 4.37. The fourth-order valence-electron chi connectivity index (χ4n) is 6.30. The Hall–Kier alpha value is -3.68. The number of hydrogen-bond acceptors (Lipinski definition) is 11. The van der Waals surface area contributed by atoms with Gasteiger partial charge < -0.3 is 40.6 Å². The molecule has 4 rings (SSSR count). The summed E-state index contributed by atoms with van der Waals surface area (Å²) < 4.78 is 24.1. The number of nitrogens with two attached hydrogens (primary N) is 2. The molecule has 6 N–H and O–H groups in total. The van der Waals surface area contributed by atoms with Crippen molar-refractivity contribution >= 4 is 23.9 Å². The number of hydrogen-bond donors (Lipinski definition) is 4. The van der Waals surface area contributed by atoms with Gasteiger partial charge in [-0.2, -0.15) is 0 Å². The Morgan fingerprint density at radius 2 is 1.75 bits per heavy atom. The number of carboxylic acids is 2. The SMILES string of the molecule is COc1ccc(C)c2c1O[C@H]1C(OC(=O)C[C@H](N)C(=O)O)=CC[C@@]3(OC(=O)C[C@H](N)C(=O)O)[C@@H](C)N(C)CC[C@]213. The van der Waals surface area contributed by atoms with Crippen LogP contribution in [0.2, 0.25) is 0 Å². The van der Waals surface area contributed by atoms with E-state index in [0.717, 1.165) is 11.1 Å².